The molecule has 158 valence electrons. The summed E-state index contributed by atoms with van der Waals surface area (Å²) in [6.07, 6.45) is 4.64. The van der Waals surface area contributed by atoms with E-state index in [1.54, 1.807) is 24.3 Å². The van der Waals surface area contributed by atoms with Gasteiger partial charge in [-0.2, -0.15) is 0 Å². The Morgan fingerprint density at radius 1 is 1.03 bits per heavy atom. The molecular formula is C23H27N3O4. The normalized spacial score (nSPS) is 13.6. The number of primary amides is 1. The molecule has 1 atom stereocenters. The van der Waals surface area contributed by atoms with Crippen LogP contribution in [-0.2, 0) is 28.9 Å². The maximum absolute atomic E-state index is 12.2. The van der Waals surface area contributed by atoms with Crippen LogP contribution in [-0.4, -0.2) is 24.5 Å². The highest BCUT2D eigenvalue weighted by molar-refractivity contribution is 5.91. The third-order valence-corrected chi connectivity index (χ3v) is 5.24. The number of fused-ring (bicyclic) bond motifs is 1. The minimum absolute atomic E-state index is 0.166. The number of nitrogens with two attached hydrogens (primary N) is 1. The molecule has 7 nitrogen and oxygen atoms in total. The first-order chi connectivity index (χ1) is 14.4. The van der Waals surface area contributed by atoms with Gasteiger partial charge in [0.05, 0.1) is 11.6 Å². The number of rotatable bonds is 7. The molecule has 30 heavy (non-hydrogen) atoms. The lowest BCUT2D eigenvalue weighted by molar-refractivity contribution is -0.124. The monoisotopic (exact) mass is 409 g/mol. The van der Waals surface area contributed by atoms with E-state index in [9.17, 15) is 14.4 Å². The maximum Gasteiger partial charge on any atom is 0.338 e. The average Bonchev–Trinajstić information content (AvgIpc) is 2.76. The molecule has 4 N–H and O–H groups in total. The molecule has 2 aromatic rings. The summed E-state index contributed by atoms with van der Waals surface area (Å²) < 4.78 is 5.11. The van der Waals surface area contributed by atoms with Crippen molar-refractivity contribution in [2.24, 2.45) is 5.73 Å². The summed E-state index contributed by atoms with van der Waals surface area (Å²) in [5.41, 5.74) is 9.96. The molecule has 0 spiro atoms. The highest BCUT2D eigenvalue weighted by atomic mass is 16.5. The zero-order valence-corrected chi connectivity index (χ0v) is 17.1. The number of amides is 3. The van der Waals surface area contributed by atoms with Crippen molar-refractivity contribution in [1.29, 1.82) is 0 Å². The van der Waals surface area contributed by atoms with Crippen LogP contribution in [0.5, 0.6) is 0 Å². The molecule has 1 unspecified atom stereocenters. The van der Waals surface area contributed by atoms with Gasteiger partial charge in [0, 0.05) is 6.54 Å². The van der Waals surface area contributed by atoms with Crippen molar-refractivity contribution in [1.82, 2.24) is 10.6 Å². The van der Waals surface area contributed by atoms with E-state index in [-0.39, 0.29) is 25.1 Å². The molecule has 1 aliphatic carbocycles. The number of hydrogen-bond donors (Lipinski definition) is 3. The quantitative estimate of drug-likeness (QED) is 0.611. The third-order valence-electron chi connectivity index (χ3n) is 5.24. The average molecular weight is 409 g/mol. The van der Waals surface area contributed by atoms with Crippen molar-refractivity contribution in [3.63, 3.8) is 0 Å². The van der Waals surface area contributed by atoms with Gasteiger partial charge in [-0.1, -0.05) is 30.3 Å². The van der Waals surface area contributed by atoms with E-state index in [0.717, 1.165) is 24.0 Å². The number of aryl methyl sites for hydroxylation is 2. The fourth-order valence-corrected chi connectivity index (χ4v) is 3.55. The van der Waals surface area contributed by atoms with Gasteiger partial charge in [-0.3, -0.25) is 4.79 Å². The minimum atomic E-state index is -0.617. The van der Waals surface area contributed by atoms with Crippen molar-refractivity contribution in [2.45, 2.75) is 45.2 Å². The van der Waals surface area contributed by atoms with Crippen LogP contribution in [0.4, 0.5) is 4.79 Å². The maximum atomic E-state index is 12.2. The second-order valence-electron chi connectivity index (χ2n) is 7.52. The van der Waals surface area contributed by atoms with Crippen LogP contribution >= 0.6 is 0 Å². The summed E-state index contributed by atoms with van der Waals surface area (Å²) >= 11 is 0. The number of esters is 1. The van der Waals surface area contributed by atoms with E-state index in [1.165, 1.54) is 24.0 Å². The largest absolute Gasteiger partial charge is 0.452 e. The van der Waals surface area contributed by atoms with Gasteiger partial charge in [-0.15, -0.1) is 0 Å². The SMILES string of the molecule is CC(NC(=O)COC(=O)c1ccc(CNC(N)=O)cc1)c1ccc2c(c1)CCCC2. The predicted molar refractivity (Wildman–Crippen MR) is 113 cm³/mol. The molecule has 0 radical (unpaired) electrons. The van der Waals surface area contributed by atoms with Gasteiger partial charge in [0.1, 0.15) is 0 Å². The van der Waals surface area contributed by atoms with E-state index in [0.29, 0.717) is 5.56 Å². The van der Waals surface area contributed by atoms with E-state index in [2.05, 4.69) is 28.8 Å². The first-order valence-electron chi connectivity index (χ1n) is 10.1. The third kappa shape index (κ3) is 5.83. The summed E-state index contributed by atoms with van der Waals surface area (Å²) in [7, 11) is 0. The van der Waals surface area contributed by atoms with Gasteiger partial charge in [-0.25, -0.2) is 9.59 Å². The number of ether oxygens (including phenoxy) is 1. The molecule has 3 rings (SSSR count). The Morgan fingerprint density at radius 3 is 2.43 bits per heavy atom. The van der Waals surface area contributed by atoms with Crippen LogP contribution in [0.1, 0.15) is 58.4 Å². The highest BCUT2D eigenvalue weighted by Gasteiger charge is 2.16. The summed E-state index contributed by atoms with van der Waals surface area (Å²) in [6.45, 7) is 1.84. The van der Waals surface area contributed by atoms with E-state index in [1.807, 2.05) is 6.92 Å². The van der Waals surface area contributed by atoms with Gasteiger partial charge >= 0.3 is 12.0 Å². The molecule has 0 aliphatic heterocycles. The summed E-state index contributed by atoms with van der Waals surface area (Å²) in [5.74, 6) is -0.933. The Balaban J connectivity index is 1.48. The topological polar surface area (TPSA) is 111 Å². The zero-order chi connectivity index (χ0) is 21.5. The van der Waals surface area contributed by atoms with Crippen molar-refractivity contribution < 1.29 is 19.1 Å². The Morgan fingerprint density at radius 2 is 1.73 bits per heavy atom. The van der Waals surface area contributed by atoms with E-state index >= 15 is 0 Å². The molecule has 2 aromatic carbocycles. The fraction of sp³-hybridized carbons (Fsp3) is 0.348. The van der Waals surface area contributed by atoms with Crippen molar-refractivity contribution in [3.05, 3.63) is 70.3 Å². The van der Waals surface area contributed by atoms with Crippen molar-refractivity contribution in [3.8, 4) is 0 Å². The van der Waals surface area contributed by atoms with Gasteiger partial charge in [-0.05, 0) is 67.0 Å². The number of carbonyl (C=O) groups excluding carboxylic acids is 3. The Hall–Kier alpha value is -3.35. The first-order valence-corrected chi connectivity index (χ1v) is 10.1. The molecule has 0 saturated carbocycles. The van der Waals surface area contributed by atoms with Gasteiger partial charge < -0.3 is 21.1 Å². The Labute approximate surface area is 176 Å². The van der Waals surface area contributed by atoms with Gasteiger partial charge in [0.2, 0.25) is 0 Å². The van der Waals surface area contributed by atoms with Crippen LogP contribution in [0, 0.1) is 0 Å². The lowest BCUT2D eigenvalue weighted by Gasteiger charge is -2.20. The fourth-order valence-electron chi connectivity index (χ4n) is 3.55. The molecule has 1 aliphatic rings. The van der Waals surface area contributed by atoms with Crippen LogP contribution in [0.25, 0.3) is 0 Å². The van der Waals surface area contributed by atoms with E-state index < -0.39 is 12.0 Å². The number of urea groups is 1. The number of nitrogens with one attached hydrogen (secondary N) is 2. The molecule has 0 heterocycles. The van der Waals surface area contributed by atoms with Crippen LogP contribution in [0.3, 0.4) is 0 Å². The predicted octanol–water partition coefficient (Wildman–Crippen LogP) is 2.77. The molecule has 0 fully saturated rings. The standard InChI is InChI=1S/C23H27N3O4/c1-15(19-11-10-17-4-2-3-5-20(17)12-19)26-21(27)14-30-22(28)18-8-6-16(7-9-18)13-25-23(24)29/h6-12,15H,2-5,13-14H2,1H3,(H,26,27)(H3,24,25,29). The van der Waals surface area contributed by atoms with Crippen molar-refractivity contribution >= 4 is 17.9 Å². The highest BCUT2D eigenvalue weighted by Crippen LogP contribution is 2.24. The van der Waals surface area contributed by atoms with Gasteiger partial charge in [0.25, 0.3) is 5.91 Å². The van der Waals surface area contributed by atoms with Gasteiger partial charge in [0.15, 0.2) is 6.61 Å². The summed E-state index contributed by atoms with van der Waals surface area (Å²) in [5, 5.41) is 5.35. The Kier molecular flexibility index (Phi) is 7.06. The molecular weight excluding hydrogens is 382 g/mol. The molecule has 0 aromatic heterocycles. The smallest absolute Gasteiger partial charge is 0.338 e. The minimum Gasteiger partial charge on any atom is -0.452 e. The second kappa shape index (κ2) is 9.91. The van der Waals surface area contributed by atoms with Crippen LogP contribution in [0.15, 0.2) is 42.5 Å². The molecule has 7 heteroatoms. The first kappa shape index (κ1) is 21.4. The number of hydrogen-bond acceptors (Lipinski definition) is 4. The van der Waals surface area contributed by atoms with E-state index in [4.69, 9.17) is 10.5 Å². The lowest BCUT2D eigenvalue weighted by Crippen LogP contribution is -2.31. The lowest BCUT2D eigenvalue weighted by atomic mass is 9.89. The second-order valence-corrected chi connectivity index (χ2v) is 7.52. The van der Waals surface area contributed by atoms with Crippen LogP contribution in [0.2, 0.25) is 0 Å². The Bertz CT molecular complexity index is 925. The summed E-state index contributed by atoms with van der Waals surface area (Å²) in [4.78, 5) is 35.1. The molecule has 3 amide bonds. The summed E-state index contributed by atoms with van der Waals surface area (Å²) in [6, 6.07) is 12.1. The molecule has 0 saturated heterocycles. The molecule has 0 bridgehead atoms. The van der Waals surface area contributed by atoms with Crippen molar-refractivity contribution in [2.75, 3.05) is 6.61 Å². The number of carbonyl (C=O) groups is 3. The van der Waals surface area contributed by atoms with Crippen LogP contribution < -0.4 is 16.4 Å². The number of benzene rings is 2. The zero-order valence-electron chi connectivity index (χ0n) is 17.1.